The number of hydrogen-bond acceptors (Lipinski definition) is 6. The van der Waals surface area contributed by atoms with Crippen LogP contribution in [0.2, 0.25) is 0 Å². The smallest absolute Gasteiger partial charge is 0.306 e. The van der Waals surface area contributed by atoms with Gasteiger partial charge in [-0.25, -0.2) is 0 Å². The molecule has 0 aliphatic rings. The maximum atomic E-state index is 12.8. The summed E-state index contributed by atoms with van der Waals surface area (Å²) in [5.74, 6) is -0.940. The van der Waals surface area contributed by atoms with E-state index in [0.717, 1.165) is 122 Å². The Kier molecular flexibility index (Phi) is 46.0. The van der Waals surface area contributed by atoms with Gasteiger partial charge in [0.15, 0.2) is 6.10 Å². The van der Waals surface area contributed by atoms with Crippen molar-refractivity contribution < 1.29 is 28.6 Å². The van der Waals surface area contributed by atoms with Gasteiger partial charge in [-0.2, -0.15) is 0 Å². The van der Waals surface area contributed by atoms with Gasteiger partial charge < -0.3 is 14.2 Å². The van der Waals surface area contributed by atoms with E-state index in [1.54, 1.807) is 0 Å². The highest BCUT2D eigenvalue weighted by atomic mass is 16.6. The lowest BCUT2D eigenvalue weighted by molar-refractivity contribution is -0.167. The lowest BCUT2D eigenvalue weighted by Crippen LogP contribution is -2.30. The fourth-order valence-electron chi connectivity index (χ4n) is 6.72. The molecule has 0 fully saturated rings. The van der Waals surface area contributed by atoms with Gasteiger partial charge in [0, 0.05) is 19.3 Å². The van der Waals surface area contributed by atoms with Crippen molar-refractivity contribution in [3.8, 4) is 0 Å². The third-order valence-electron chi connectivity index (χ3n) is 10.4. The van der Waals surface area contributed by atoms with Gasteiger partial charge in [-0.15, -0.1) is 0 Å². The molecule has 0 aromatic carbocycles. The summed E-state index contributed by atoms with van der Waals surface area (Å²) in [5, 5.41) is 0. The summed E-state index contributed by atoms with van der Waals surface area (Å²) in [4.78, 5) is 37.9. The number of carbonyl (C=O) groups excluding carboxylic acids is 3. The molecule has 344 valence electrons. The van der Waals surface area contributed by atoms with Crippen LogP contribution in [0, 0.1) is 0 Å². The lowest BCUT2D eigenvalue weighted by Gasteiger charge is -2.18. The standard InChI is InChI=1S/C54H92O6/c1-4-7-10-13-16-19-22-25-28-31-34-37-40-43-46-52(55)58-49-51(60-54(57)48-45-42-39-36-33-30-27-24-21-18-15-12-9-6-3)50-59-53(56)47-44-41-38-35-32-29-26-23-20-17-14-11-8-5-2/h7,9-10,12,16,18-19,21,25,28-29,32,51H,4-6,8,11,13-15,17,20,22-24,26-27,30-31,33-50H2,1-3H3/b10-7-,12-9-,19-16-,21-18-,28-25-,32-29-. The first-order chi connectivity index (χ1) is 29.5. The average Bonchev–Trinajstić information content (AvgIpc) is 3.24. The molecule has 0 spiro atoms. The van der Waals surface area contributed by atoms with Crippen LogP contribution in [0.3, 0.4) is 0 Å². The molecule has 0 N–H and O–H groups in total. The predicted octanol–water partition coefficient (Wildman–Crippen LogP) is 16.3. The zero-order chi connectivity index (χ0) is 43.7. The maximum absolute atomic E-state index is 12.8. The molecule has 6 nitrogen and oxygen atoms in total. The summed E-state index contributed by atoms with van der Waals surface area (Å²) < 4.78 is 16.7. The molecule has 0 aromatic heterocycles. The van der Waals surface area contributed by atoms with E-state index in [1.165, 1.54) is 70.6 Å². The number of rotatable bonds is 44. The van der Waals surface area contributed by atoms with Crippen molar-refractivity contribution in [2.24, 2.45) is 0 Å². The molecule has 0 saturated heterocycles. The van der Waals surface area contributed by atoms with Crippen molar-refractivity contribution in [1.29, 1.82) is 0 Å². The molecule has 0 radical (unpaired) electrons. The number of carbonyl (C=O) groups is 3. The molecule has 0 aromatic rings. The molecule has 0 amide bonds. The third-order valence-corrected chi connectivity index (χ3v) is 10.4. The van der Waals surface area contributed by atoms with E-state index in [-0.39, 0.29) is 31.1 Å². The van der Waals surface area contributed by atoms with Gasteiger partial charge in [0.25, 0.3) is 0 Å². The van der Waals surface area contributed by atoms with Crippen molar-refractivity contribution in [3.63, 3.8) is 0 Å². The van der Waals surface area contributed by atoms with Crippen LogP contribution in [-0.2, 0) is 28.6 Å². The van der Waals surface area contributed by atoms with Crippen molar-refractivity contribution in [2.45, 2.75) is 239 Å². The second-order valence-electron chi connectivity index (χ2n) is 16.3. The monoisotopic (exact) mass is 837 g/mol. The minimum Gasteiger partial charge on any atom is -0.462 e. The van der Waals surface area contributed by atoms with Crippen molar-refractivity contribution in [2.75, 3.05) is 13.2 Å². The largest absolute Gasteiger partial charge is 0.462 e. The molecular weight excluding hydrogens is 745 g/mol. The van der Waals surface area contributed by atoms with Gasteiger partial charge in [0.05, 0.1) is 0 Å². The van der Waals surface area contributed by atoms with Crippen molar-refractivity contribution in [3.05, 3.63) is 72.9 Å². The third kappa shape index (κ3) is 45.9. The Morgan fingerprint density at radius 3 is 1.05 bits per heavy atom. The number of esters is 3. The number of hydrogen-bond donors (Lipinski definition) is 0. The Bertz CT molecular complexity index is 1140. The zero-order valence-electron chi connectivity index (χ0n) is 39.2. The summed E-state index contributed by atoms with van der Waals surface area (Å²) in [5.41, 5.74) is 0. The molecule has 6 heteroatoms. The van der Waals surface area contributed by atoms with Gasteiger partial charge >= 0.3 is 17.9 Å². The first-order valence-electron chi connectivity index (χ1n) is 24.9. The minimum atomic E-state index is -0.793. The Labute approximate surface area is 370 Å². The van der Waals surface area contributed by atoms with Crippen molar-refractivity contribution >= 4 is 17.9 Å². The van der Waals surface area contributed by atoms with Gasteiger partial charge in [-0.3, -0.25) is 14.4 Å². The van der Waals surface area contributed by atoms with E-state index >= 15 is 0 Å². The van der Waals surface area contributed by atoms with Crippen LogP contribution in [0.4, 0.5) is 0 Å². The van der Waals surface area contributed by atoms with Gasteiger partial charge in [0.1, 0.15) is 13.2 Å². The summed E-state index contributed by atoms with van der Waals surface area (Å²) in [6.07, 6.45) is 60.3. The first kappa shape index (κ1) is 56.9. The molecule has 0 saturated carbocycles. The first-order valence-corrected chi connectivity index (χ1v) is 24.9. The van der Waals surface area contributed by atoms with Crippen LogP contribution in [-0.4, -0.2) is 37.2 Å². The van der Waals surface area contributed by atoms with Gasteiger partial charge in [-0.1, -0.05) is 184 Å². The fraction of sp³-hybridized carbons (Fsp3) is 0.722. The molecule has 1 unspecified atom stereocenters. The van der Waals surface area contributed by atoms with Crippen LogP contribution in [0.25, 0.3) is 0 Å². The highest BCUT2D eigenvalue weighted by Crippen LogP contribution is 2.14. The Balaban J connectivity index is 4.45. The summed E-state index contributed by atoms with van der Waals surface area (Å²) in [6, 6.07) is 0. The Morgan fingerprint density at radius 2 is 0.650 bits per heavy atom. The molecule has 0 bridgehead atoms. The van der Waals surface area contributed by atoms with Crippen LogP contribution in [0.1, 0.15) is 233 Å². The van der Waals surface area contributed by atoms with E-state index < -0.39 is 6.10 Å². The highest BCUT2D eigenvalue weighted by Gasteiger charge is 2.19. The minimum absolute atomic E-state index is 0.0942. The lowest BCUT2D eigenvalue weighted by atomic mass is 10.1. The number of ether oxygens (including phenoxy) is 3. The molecule has 60 heavy (non-hydrogen) atoms. The second-order valence-corrected chi connectivity index (χ2v) is 16.3. The topological polar surface area (TPSA) is 78.9 Å². The molecule has 0 rings (SSSR count). The quantitative estimate of drug-likeness (QED) is 0.0263. The summed E-state index contributed by atoms with van der Waals surface area (Å²) >= 11 is 0. The van der Waals surface area contributed by atoms with E-state index in [9.17, 15) is 14.4 Å². The highest BCUT2D eigenvalue weighted by molar-refractivity contribution is 5.71. The molecular formula is C54H92O6. The van der Waals surface area contributed by atoms with Crippen molar-refractivity contribution in [1.82, 2.24) is 0 Å². The average molecular weight is 837 g/mol. The van der Waals surface area contributed by atoms with E-state index in [2.05, 4.69) is 93.7 Å². The Hall–Kier alpha value is -3.15. The van der Waals surface area contributed by atoms with Gasteiger partial charge in [0.2, 0.25) is 0 Å². The van der Waals surface area contributed by atoms with E-state index in [0.29, 0.717) is 19.3 Å². The van der Waals surface area contributed by atoms with Crippen LogP contribution >= 0.6 is 0 Å². The molecule has 0 aliphatic carbocycles. The maximum Gasteiger partial charge on any atom is 0.306 e. The number of allylic oxidation sites excluding steroid dienone is 12. The van der Waals surface area contributed by atoms with Crippen LogP contribution in [0.15, 0.2) is 72.9 Å². The zero-order valence-corrected chi connectivity index (χ0v) is 39.2. The van der Waals surface area contributed by atoms with E-state index in [1.807, 2.05) is 0 Å². The summed E-state index contributed by atoms with van der Waals surface area (Å²) in [6.45, 7) is 6.37. The SMILES string of the molecule is CC/C=C\C/C=C\C/C=C\CCCCCCC(=O)OCC(COC(=O)CCCCC/C=C\CCCCCCCCC)OC(=O)CCCCCCCCC/C=C\C/C=C\CC. The molecule has 0 aliphatic heterocycles. The number of unbranched alkanes of at least 4 members (excludes halogenated alkanes) is 21. The van der Waals surface area contributed by atoms with E-state index in [4.69, 9.17) is 14.2 Å². The predicted molar refractivity (Wildman–Crippen MR) is 256 cm³/mol. The Morgan fingerprint density at radius 1 is 0.350 bits per heavy atom. The normalized spacial score (nSPS) is 12.7. The second kappa shape index (κ2) is 48.5. The van der Waals surface area contributed by atoms with Gasteiger partial charge in [-0.05, 0) is 103 Å². The fourth-order valence-corrected chi connectivity index (χ4v) is 6.72. The molecule has 1 atom stereocenters. The van der Waals surface area contributed by atoms with Crippen LogP contribution < -0.4 is 0 Å². The molecule has 0 heterocycles. The summed E-state index contributed by atoms with van der Waals surface area (Å²) in [7, 11) is 0. The van der Waals surface area contributed by atoms with Crippen LogP contribution in [0.5, 0.6) is 0 Å².